The van der Waals surface area contributed by atoms with Crippen molar-refractivity contribution < 1.29 is 4.79 Å². The predicted molar refractivity (Wildman–Crippen MR) is 79.9 cm³/mol. The molecule has 0 fully saturated rings. The maximum atomic E-state index is 12.4. The van der Waals surface area contributed by atoms with E-state index in [-0.39, 0.29) is 5.91 Å². The molecule has 0 atom stereocenters. The van der Waals surface area contributed by atoms with E-state index < -0.39 is 0 Å². The average Bonchev–Trinajstić information content (AvgIpc) is 2.78. The molecule has 0 saturated carbocycles. The molecule has 0 unspecified atom stereocenters. The van der Waals surface area contributed by atoms with Gasteiger partial charge in [-0.2, -0.15) is 5.10 Å². The molecule has 1 amide bonds. The topological polar surface area (TPSA) is 38.1 Å². The Morgan fingerprint density at radius 1 is 1.45 bits per heavy atom. The summed E-state index contributed by atoms with van der Waals surface area (Å²) in [5, 5.41) is 4.77. The first-order valence-corrected chi connectivity index (χ1v) is 6.93. The molecule has 0 spiro atoms. The summed E-state index contributed by atoms with van der Waals surface area (Å²) in [6.45, 7) is 5.14. The van der Waals surface area contributed by atoms with Crippen LogP contribution in [0.2, 0.25) is 5.02 Å². The zero-order valence-electron chi connectivity index (χ0n) is 11.9. The number of halogens is 1. The summed E-state index contributed by atoms with van der Waals surface area (Å²) in [6, 6.07) is 7.57. The smallest absolute Gasteiger partial charge is 0.253 e. The lowest BCUT2D eigenvalue weighted by atomic mass is 10.1. The quantitative estimate of drug-likeness (QED) is 0.868. The molecule has 0 N–H and O–H groups in total. The summed E-state index contributed by atoms with van der Waals surface area (Å²) in [5.74, 6) is -0.0198. The number of nitrogens with zero attached hydrogens (tertiary/aromatic N) is 3. The predicted octanol–water partition coefficient (Wildman–Crippen LogP) is 3.14. The number of carbonyl (C=O) groups excluding carboxylic acids is 1. The fourth-order valence-electron chi connectivity index (χ4n) is 2.11. The Morgan fingerprint density at radius 2 is 2.20 bits per heavy atom. The minimum absolute atomic E-state index is 0.0198. The van der Waals surface area contributed by atoms with Gasteiger partial charge in [0.1, 0.15) is 0 Å². The van der Waals surface area contributed by atoms with Gasteiger partial charge in [0.25, 0.3) is 5.91 Å². The standard InChI is InChI=1S/C15H18ClN3O/c1-4-19-14(13(16)9-17-19)10-18(3)15(20)12-7-5-6-11(2)8-12/h5-9H,4,10H2,1-3H3. The van der Waals surface area contributed by atoms with Crippen LogP contribution < -0.4 is 0 Å². The second-order valence-corrected chi connectivity index (χ2v) is 5.19. The average molecular weight is 292 g/mol. The highest BCUT2D eigenvalue weighted by Crippen LogP contribution is 2.18. The molecule has 5 heteroatoms. The summed E-state index contributed by atoms with van der Waals surface area (Å²) in [4.78, 5) is 14.0. The number of benzene rings is 1. The number of hydrogen-bond donors (Lipinski definition) is 0. The fraction of sp³-hybridized carbons (Fsp3) is 0.333. The highest BCUT2D eigenvalue weighted by atomic mass is 35.5. The van der Waals surface area contributed by atoms with Gasteiger partial charge in [0.05, 0.1) is 23.5 Å². The van der Waals surface area contributed by atoms with E-state index in [4.69, 9.17) is 11.6 Å². The van der Waals surface area contributed by atoms with Crippen LogP contribution in [-0.2, 0) is 13.1 Å². The number of hydrogen-bond acceptors (Lipinski definition) is 2. The lowest BCUT2D eigenvalue weighted by Gasteiger charge is -2.18. The molecule has 0 aliphatic rings. The monoisotopic (exact) mass is 291 g/mol. The summed E-state index contributed by atoms with van der Waals surface area (Å²) in [6.07, 6.45) is 1.62. The van der Waals surface area contributed by atoms with Gasteiger partial charge in [-0.25, -0.2) is 0 Å². The first-order chi connectivity index (χ1) is 9.52. The van der Waals surface area contributed by atoms with Crippen LogP contribution in [0.5, 0.6) is 0 Å². The van der Waals surface area contributed by atoms with E-state index in [1.807, 2.05) is 42.8 Å². The molecule has 4 nitrogen and oxygen atoms in total. The second-order valence-electron chi connectivity index (χ2n) is 4.79. The van der Waals surface area contributed by atoms with Crippen molar-refractivity contribution in [1.29, 1.82) is 0 Å². The number of rotatable bonds is 4. The molecule has 20 heavy (non-hydrogen) atoms. The molecule has 0 aliphatic heterocycles. The van der Waals surface area contributed by atoms with Gasteiger partial charge in [-0.3, -0.25) is 9.48 Å². The van der Waals surface area contributed by atoms with Gasteiger partial charge in [-0.15, -0.1) is 0 Å². The van der Waals surface area contributed by atoms with Crippen LogP contribution in [0.25, 0.3) is 0 Å². The van der Waals surface area contributed by atoms with Crippen molar-refractivity contribution in [1.82, 2.24) is 14.7 Å². The molecule has 106 valence electrons. The Hall–Kier alpha value is -1.81. The summed E-state index contributed by atoms with van der Waals surface area (Å²) < 4.78 is 1.81. The summed E-state index contributed by atoms with van der Waals surface area (Å²) in [5.41, 5.74) is 2.62. The summed E-state index contributed by atoms with van der Waals surface area (Å²) in [7, 11) is 1.77. The molecule has 1 aromatic heterocycles. The molecule has 2 aromatic rings. The van der Waals surface area contributed by atoms with E-state index in [2.05, 4.69) is 5.10 Å². The minimum Gasteiger partial charge on any atom is -0.336 e. The summed E-state index contributed by atoms with van der Waals surface area (Å²) >= 11 is 6.12. The molecular weight excluding hydrogens is 274 g/mol. The van der Waals surface area contributed by atoms with Gasteiger partial charge < -0.3 is 4.90 Å². The van der Waals surface area contributed by atoms with E-state index >= 15 is 0 Å². The number of amides is 1. The number of aromatic nitrogens is 2. The molecule has 2 rings (SSSR count). The van der Waals surface area contributed by atoms with Gasteiger partial charge in [0.2, 0.25) is 0 Å². The van der Waals surface area contributed by atoms with Crippen molar-refractivity contribution in [2.24, 2.45) is 0 Å². The molecule has 1 heterocycles. The Kier molecular flexibility index (Phi) is 4.45. The fourth-order valence-corrected chi connectivity index (χ4v) is 2.31. The maximum Gasteiger partial charge on any atom is 0.253 e. The van der Waals surface area contributed by atoms with E-state index in [1.165, 1.54) is 0 Å². The highest BCUT2D eigenvalue weighted by Gasteiger charge is 2.16. The largest absolute Gasteiger partial charge is 0.336 e. The van der Waals surface area contributed by atoms with Crippen LogP contribution in [0.1, 0.15) is 28.5 Å². The normalized spacial score (nSPS) is 10.6. The zero-order chi connectivity index (χ0) is 14.7. The van der Waals surface area contributed by atoms with Crippen molar-refractivity contribution >= 4 is 17.5 Å². The third-order valence-corrected chi connectivity index (χ3v) is 3.51. The van der Waals surface area contributed by atoms with Crippen LogP contribution >= 0.6 is 11.6 Å². The molecular formula is C15H18ClN3O. The molecule has 0 aliphatic carbocycles. The van der Waals surface area contributed by atoms with Gasteiger partial charge in [-0.05, 0) is 26.0 Å². The Balaban J connectivity index is 2.17. The Labute approximate surface area is 124 Å². The highest BCUT2D eigenvalue weighted by molar-refractivity contribution is 6.31. The van der Waals surface area contributed by atoms with E-state index in [0.717, 1.165) is 17.8 Å². The third-order valence-electron chi connectivity index (χ3n) is 3.20. The van der Waals surface area contributed by atoms with Crippen LogP contribution in [-0.4, -0.2) is 27.6 Å². The van der Waals surface area contributed by atoms with Crippen LogP contribution in [0.3, 0.4) is 0 Å². The minimum atomic E-state index is -0.0198. The Morgan fingerprint density at radius 3 is 2.85 bits per heavy atom. The maximum absolute atomic E-state index is 12.4. The van der Waals surface area contributed by atoms with Gasteiger partial charge in [0, 0.05) is 19.2 Å². The van der Waals surface area contributed by atoms with Crippen molar-refractivity contribution in [3.63, 3.8) is 0 Å². The van der Waals surface area contributed by atoms with Crippen LogP contribution in [0.15, 0.2) is 30.5 Å². The lowest BCUT2D eigenvalue weighted by molar-refractivity contribution is 0.0781. The zero-order valence-corrected chi connectivity index (χ0v) is 12.7. The van der Waals surface area contributed by atoms with Gasteiger partial charge in [-0.1, -0.05) is 29.3 Å². The first-order valence-electron chi connectivity index (χ1n) is 6.55. The van der Waals surface area contributed by atoms with Crippen LogP contribution in [0, 0.1) is 6.92 Å². The van der Waals surface area contributed by atoms with E-state index in [0.29, 0.717) is 17.1 Å². The second kappa shape index (κ2) is 6.09. The van der Waals surface area contributed by atoms with E-state index in [9.17, 15) is 4.79 Å². The number of carbonyl (C=O) groups is 1. The van der Waals surface area contributed by atoms with Gasteiger partial charge in [0.15, 0.2) is 0 Å². The van der Waals surface area contributed by atoms with Crippen molar-refractivity contribution in [2.45, 2.75) is 26.9 Å². The lowest BCUT2D eigenvalue weighted by Crippen LogP contribution is -2.27. The molecule has 0 saturated heterocycles. The molecule has 1 aromatic carbocycles. The SMILES string of the molecule is CCn1ncc(Cl)c1CN(C)C(=O)c1cccc(C)c1. The first kappa shape index (κ1) is 14.6. The van der Waals surface area contributed by atoms with Gasteiger partial charge >= 0.3 is 0 Å². The van der Waals surface area contributed by atoms with E-state index in [1.54, 1.807) is 18.1 Å². The van der Waals surface area contributed by atoms with Crippen molar-refractivity contribution in [2.75, 3.05) is 7.05 Å². The van der Waals surface area contributed by atoms with Crippen LogP contribution in [0.4, 0.5) is 0 Å². The van der Waals surface area contributed by atoms with Crippen molar-refractivity contribution in [3.8, 4) is 0 Å². The molecule has 0 bridgehead atoms. The molecule has 0 radical (unpaired) electrons. The number of aryl methyl sites for hydroxylation is 2. The van der Waals surface area contributed by atoms with Crippen molar-refractivity contribution in [3.05, 3.63) is 52.3 Å². The Bertz CT molecular complexity index is 621. The third kappa shape index (κ3) is 3.02.